The lowest BCUT2D eigenvalue weighted by Gasteiger charge is -2.43. The molecule has 94 valence electrons. The molecule has 1 saturated carbocycles. The zero-order valence-electron chi connectivity index (χ0n) is 10.7. The molecule has 0 radical (unpaired) electrons. The van der Waals surface area contributed by atoms with Crippen molar-refractivity contribution in [1.29, 1.82) is 0 Å². The fourth-order valence-corrected chi connectivity index (χ4v) is 2.77. The van der Waals surface area contributed by atoms with Crippen molar-refractivity contribution < 1.29 is 9.47 Å². The van der Waals surface area contributed by atoms with Crippen molar-refractivity contribution in [2.75, 3.05) is 20.8 Å². The first-order valence-corrected chi connectivity index (χ1v) is 6.18. The van der Waals surface area contributed by atoms with E-state index in [1.807, 2.05) is 12.1 Å². The zero-order valence-corrected chi connectivity index (χ0v) is 10.7. The fraction of sp³-hybridized carbons (Fsp3) is 0.571. The van der Waals surface area contributed by atoms with Gasteiger partial charge in [0.15, 0.2) is 0 Å². The molecule has 17 heavy (non-hydrogen) atoms. The minimum Gasteiger partial charge on any atom is -0.497 e. The van der Waals surface area contributed by atoms with Gasteiger partial charge in [-0.15, -0.1) is 0 Å². The number of rotatable bonds is 5. The third-order valence-electron chi connectivity index (χ3n) is 3.91. The number of benzene rings is 1. The second-order valence-corrected chi connectivity index (χ2v) is 4.74. The van der Waals surface area contributed by atoms with E-state index in [1.165, 1.54) is 24.8 Å². The average Bonchev–Trinajstić information content (AvgIpc) is 2.33. The summed E-state index contributed by atoms with van der Waals surface area (Å²) in [6, 6.07) is 6.10. The Hall–Kier alpha value is -1.22. The number of methoxy groups -OCH3 is 2. The van der Waals surface area contributed by atoms with Crippen LogP contribution >= 0.6 is 0 Å². The van der Waals surface area contributed by atoms with Crippen molar-refractivity contribution in [3.05, 3.63) is 23.8 Å². The van der Waals surface area contributed by atoms with Gasteiger partial charge in [-0.1, -0.05) is 12.5 Å². The van der Waals surface area contributed by atoms with Gasteiger partial charge >= 0.3 is 0 Å². The minimum atomic E-state index is 0.242. The Balaban J connectivity index is 2.36. The molecule has 1 aromatic rings. The molecular weight excluding hydrogens is 214 g/mol. The highest BCUT2D eigenvalue weighted by atomic mass is 16.5. The predicted octanol–water partition coefficient (Wildman–Crippen LogP) is 2.47. The quantitative estimate of drug-likeness (QED) is 0.852. The van der Waals surface area contributed by atoms with Gasteiger partial charge in [-0.25, -0.2) is 0 Å². The molecule has 1 aliphatic rings. The highest BCUT2D eigenvalue weighted by molar-refractivity contribution is 5.46. The molecule has 1 fully saturated rings. The molecule has 3 nitrogen and oxygen atoms in total. The van der Waals surface area contributed by atoms with Crippen molar-refractivity contribution in [1.82, 2.24) is 0 Å². The van der Waals surface area contributed by atoms with Crippen LogP contribution in [0.3, 0.4) is 0 Å². The molecule has 0 unspecified atom stereocenters. The Morgan fingerprint density at radius 2 is 2.00 bits per heavy atom. The molecule has 0 amide bonds. The van der Waals surface area contributed by atoms with Crippen LogP contribution < -0.4 is 15.2 Å². The summed E-state index contributed by atoms with van der Waals surface area (Å²) in [5.41, 5.74) is 7.28. The van der Waals surface area contributed by atoms with Gasteiger partial charge in [0.05, 0.1) is 14.2 Å². The Morgan fingerprint density at radius 1 is 1.24 bits per heavy atom. The van der Waals surface area contributed by atoms with Crippen LogP contribution in [0.4, 0.5) is 0 Å². The largest absolute Gasteiger partial charge is 0.497 e. The summed E-state index contributed by atoms with van der Waals surface area (Å²) >= 11 is 0. The minimum absolute atomic E-state index is 0.242. The van der Waals surface area contributed by atoms with E-state index in [0.717, 1.165) is 24.5 Å². The van der Waals surface area contributed by atoms with Gasteiger partial charge in [0, 0.05) is 17.0 Å². The van der Waals surface area contributed by atoms with Gasteiger partial charge in [-0.2, -0.15) is 0 Å². The standard InChI is InChI=1S/C14H21NO2/c1-16-11-4-5-12(13(10-11)17-2)14(8-9-15)6-3-7-14/h4-5,10H,3,6-9,15H2,1-2H3. The number of nitrogens with two attached hydrogens (primary N) is 1. The Labute approximate surface area is 103 Å². The normalized spacial score (nSPS) is 17.4. The topological polar surface area (TPSA) is 44.5 Å². The first-order valence-electron chi connectivity index (χ1n) is 6.18. The zero-order chi connectivity index (χ0) is 12.3. The van der Waals surface area contributed by atoms with Crippen LogP contribution in [0.2, 0.25) is 0 Å². The van der Waals surface area contributed by atoms with E-state index in [-0.39, 0.29) is 5.41 Å². The maximum absolute atomic E-state index is 5.74. The lowest BCUT2D eigenvalue weighted by molar-refractivity contribution is 0.221. The molecule has 0 bridgehead atoms. The van der Waals surface area contributed by atoms with E-state index in [1.54, 1.807) is 14.2 Å². The smallest absolute Gasteiger partial charge is 0.126 e. The third kappa shape index (κ3) is 2.12. The highest BCUT2D eigenvalue weighted by Gasteiger charge is 2.39. The Kier molecular flexibility index (Phi) is 3.57. The summed E-state index contributed by atoms with van der Waals surface area (Å²) in [7, 11) is 3.39. The van der Waals surface area contributed by atoms with Gasteiger partial charge < -0.3 is 15.2 Å². The van der Waals surface area contributed by atoms with E-state index < -0.39 is 0 Å². The Bertz CT molecular complexity index is 386. The van der Waals surface area contributed by atoms with Gasteiger partial charge in [-0.3, -0.25) is 0 Å². The summed E-state index contributed by atoms with van der Waals surface area (Å²) in [4.78, 5) is 0. The number of hydrogen-bond acceptors (Lipinski definition) is 3. The van der Waals surface area contributed by atoms with E-state index in [0.29, 0.717) is 0 Å². The first-order chi connectivity index (χ1) is 8.25. The molecule has 0 saturated heterocycles. The average molecular weight is 235 g/mol. The predicted molar refractivity (Wildman–Crippen MR) is 68.7 cm³/mol. The molecule has 2 rings (SSSR count). The monoisotopic (exact) mass is 235 g/mol. The van der Waals surface area contributed by atoms with Crippen LogP contribution in [0.5, 0.6) is 11.5 Å². The van der Waals surface area contributed by atoms with E-state index in [2.05, 4.69) is 6.07 Å². The summed E-state index contributed by atoms with van der Waals surface area (Å²) < 4.78 is 10.7. The van der Waals surface area contributed by atoms with E-state index in [4.69, 9.17) is 15.2 Å². The third-order valence-corrected chi connectivity index (χ3v) is 3.91. The van der Waals surface area contributed by atoms with Crippen LogP contribution in [0.15, 0.2) is 18.2 Å². The lowest BCUT2D eigenvalue weighted by Crippen LogP contribution is -2.36. The molecular formula is C14H21NO2. The second-order valence-electron chi connectivity index (χ2n) is 4.74. The molecule has 1 aliphatic carbocycles. The molecule has 0 spiro atoms. The maximum atomic E-state index is 5.74. The molecule has 0 atom stereocenters. The van der Waals surface area contributed by atoms with Crippen molar-refractivity contribution in [3.63, 3.8) is 0 Å². The van der Waals surface area contributed by atoms with Crippen molar-refractivity contribution in [2.45, 2.75) is 31.1 Å². The van der Waals surface area contributed by atoms with E-state index in [9.17, 15) is 0 Å². The van der Waals surface area contributed by atoms with Crippen molar-refractivity contribution in [2.24, 2.45) is 5.73 Å². The number of hydrogen-bond donors (Lipinski definition) is 1. The highest BCUT2D eigenvalue weighted by Crippen LogP contribution is 2.49. The SMILES string of the molecule is COc1ccc(C2(CCN)CCC2)c(OC)c1. The summed E-state index contributed by atoms with van der Waals surface area (Å²) in [6.07, 6.45) is 4.75. The van der Waals surface area contributed by atoms with Gasteiger partial charge in [0.1, 0.15) is 11.5 Å². The van der Waals surface area contributed by atoms with E-state index >= 15 is 0 Å². The Morgan fingerprint density at radius 3 is 2.47 bits per heavy atom. The van der Waals surface area contributed by atoms with Crippen LogP contribution in [-0.4, -0.2) is 20.8 Å². The summed E-state index contributed by atoms with van der Waals surface area (Å²) in [6.45, 7) is 0.731. The lowest BCUT2D eigenvalue weighted by atomic mass is 9.62. The van der Waals surface area contributed by atoms with Crippen LogP contribution in [0.25, 0.3) is 0 Å². The first kappa shape index (κ1) is 12.2. The molecule has 0 heterocycles. The van der Waals surface area contributed by atoms with Gasteiger partial charge in [0.2, 0.25) is 0 Å². The fourth-order valence-electron chi connectivity index (χ4n) is 2.77. The molecule has 3 heteroatoms. The van der Waals surface area contributed by atoms with Crippen LogP contribution in [0, 0.1) is 0 Å². The van der Waals surface area contributed by atoms with Gasteiger partial charge in [-0.05, 0) is 31.9 Å². The van der Waals surface area contributed by atoms with Crippen LogP contribution in [-0.2, 0) is 5.41 Å². The molecule has 0 aliphatic heterocycles. The van der Waals surface area contributed by atoms with Gasteiger partial charge in [0.25, 0.3) is 0 Å². The molecule has 2 N–H and O–H groups in total. The molecule has 0 aromatic heterocycles. The maximum Gasteiger partial charge on any atom is 0.126 e. The van der Waals surface area contributed by atoms with Crippen LogP contribution in [0.1, 0.15) is 31.2 Å². The summed E-state index contributed by atoms with van der Waals surface area (Å²) in [5, 5.41) is 0. The second kappa shape index (κ2) is 4.96. The summed E-state index contributed by atoms with van der Waals surface area (Å²) in [5.74, 6) is 1.77. The number of ether oxygens (including phenoxy) is 2. The molecule has 1 aromatic carbocycles. The van der Waals surface area contributed by atoms with Crippen molar-refractivity contribution in [3.8, 4) is 11.5 Å². The van der Waals surface area contributed by atoms with Crippen molar-refractivity contribution >= 4 is 0 Å².